The van der Waals surface area contributed by atoms with Crippen LogP contribution in [0.5, 0.6) is 0 Å². The quantitative estimate of drug-likeness (QED) is 0.0937. The lowest BCUT2D eigenvalue weighted by molar-refractivity contribution is -0.121. The zero-order valence-corrected chi connectivity index (χ0v) is 25.7. The van der Waals surface area contributed by atoms with Crippen LogP contribution in [-0.4, -0.2) is 82.2 Å². The topological polar surface area (TPSA) is 207 Å². The number of ether oxygens (including phenoxy) is 1. The van der Waals surface area contributed by atoms with Crippen LogP contribution in [0.3, 0.4) is 0 Å². The summed E-state index contributed by atoms with van der Waals surface area (Å²) in [5.41, 5.74) is 4.97. The number of aliphatic hydroxyl groups excluding tert-OH is 1. The number of carbonyl (C=O) groups excluding carboxylic acids is 1. The van der Waals surface area contributed by atoms with Crippen molar-refractivity contribution in [3.63, 3.8) is 0 Å². The van der Waals surface area contributed by atoms with Crippen molar-refractivity contribution in [2.75, 3.05) is 25.0 Å². The zero-order valence-electron chi connectivity index (χ0n) is 24.8. The van der Waals surface area contributed by atoms with Crippen LogP contribution in [0.25, 0.3) is 22.6 Å². The molecular formula is C29H37N8O7P. The summed E-state index contributed by atoms with van der Waals surface area (Å²) in [6.07, 6.45) is 7.96. The maximum atomic E-state index is 12.4. The normalized spacial score (nSPS) is 18.4. The average Bonchev–Trinajstić information content (AvgIpc) is 3.62. The van der Waals surface area contributed by atoms with Crippen LogP contribution in [0.1, 0.15) is 49.5 Å². The SMILES string of the molecule is Cc1ccnc(-c2cc(CCCCCC(=O)NCCNc3ncnc4c3ncn4[C@H]3C[C@H](OP(=O)(O)O)[C@@H](CO)O3)ccn2)c1. The van der Waals surface area contributed by atoms with Crippen molar-refractivity contribution in [2.45, 2.75) is 63.9 Å². The number of imidazole rings is 1. The summed E-state index contributed by atoms with van der Waals surface area (Å²) in [5.74, 6) is 0.444. The van der Waals surface area contributed by atoms with Crippen LogP contribution >= 0.6 is 7.82 Å². The first-order valence-electron chi connectivity index (χ1n) is 14.8. The molecule has 45 heavy (non-hydrogen) atoms. The number of rotatable bonds is 15. The third-order valence-corrected chi connectivity index (χ3v) is 7.96. The molecule has 15 nitrogen and oxygen atoms in total. The fraction of sp³-hybridized carbons (Fsp3) is 0.448. The maximum absolute atomic E-state index is 12.4. The van der Waals surface area contributed by atoms with E-state index in [2.05, 4.69) is 41.6 Å². The molecule has 1 amide bonds. The Kier molecular flexibility index (Phi) is 10.8. The third-order valence-electron chi connectivity index (χ3n) is 7.41. The minimum Gasteiger partial charge on any atom is -0.394 e. The Morgan fingerprint density at radius 1 is 1.07 bits per heavy atom. The molecule has 5 rings (SSSR count). The fourth-order valence-electron chi connectivity index (χ4n) is 5.22. The van der Waals surface area contributed by atoms with Crippen molar-refractivity contribution < 1.29 is 33.5 Å². The number of hydrogen-bond donors (Lipinski definition) is 5. The lowest BCUT2D eigenvalue weighted by atomic mass is 10.1. The smallest absolute Gasteiger partial charge is 0.394 e. The predicted octanol–water partition coefficient (Wildman–Crippen LogP) is 2.68. The number of amides is 1. The van der Waals surface area contributed by atoms with Gasteiger partial charge in [0.1, 0.15) is 24.8 Å². The van der Waals surface area contributed by atoms with Crippen molar-refractivity contribution >= 4 is 30.7 Å². The molecule has 1 aliphatic heterocycles. The van der Waals surface area contributed by atoms with E-state index in [1.165, 1.54) is 18.2 Å². The van der Waals surface area contributed by atoms with Crippen molar-refractivity contribution in [2.24, 2.45) is 0 Å². The Hall–Kier alpha value is -3.85. The Bertz CT molecular complexity index is 1650. The summed E-state index contributed by atoms with van der Waals surface area (Å²) in [5, 5.41) is 15.7. The van der Waals surface area contributed by atoms with Crippen molar-refractivity contribution in [1.29, 1.82) is 0 Å². The monoisotopic (exact) mass is 640 g/mol. The van der Waals surface area contributed by atoms with Crippen LogP contribution in [0.4, 0.5) is 5.82 Å². The van der Waals surface area contributed by atoms with Crippen molar-refractivity contribution in [3.05, 3.63) is 60.4 Å². The Labute approximate surface area is 259 Å². The van der Waals surface area contributed by atoms with Gasteiger partial charge in [0.15, 0.2) is 17.0 Å². The van der Waals surface area contributed by atoms with Gasteiger partial charge >= 0.3 is 7.82 Å². The zero-order chi connectivity index (χ0) is 31.8. The first-order chi connectivity index (χ1) is 21.7. The molecule has 240 valence electrons. The van der Waals surface area contributed by atoms with Gasteiger partial charge in [-0.2, -0.15) is 0 Å². The number of anilines is 1. The van der Waals surface area contributed by atoms with E-state index in [-0.39, 0.29) is 12.3 Å². The van der Waals surface area contributed by atoms with Crippen LogP contribution in [0, 0.1) is 6.92 Å². The highest BCUT2D eigenvalue weighted by molar-refractivity contribution is 7.46. The van der Waals surface area contributed by atoms with Crippen LogP contribution in [-0.2, 0) is 25.0 Å². The van der Waals surface area contributed by atoms with E-state index in [4.69, 9.17) is 9.26 Å². The molecule has 3 atom stereocenters. The minimum absolute atomic E-state index is 0.0190. The molecule has 5 N–H and O–H groups in total. The van der Waals surface area contributed by atoms with Crippen LogP contribution < -0.4 is 10.6 Å². The number of aromatic nitrogens is 6. The van der Waals surface area contributed by atoms with E-state index in [0.29, 0.717) is 36.5 Å². The molecule has 1 aliphatic rings. The molecular weight excluding hydrogens is 603 g/mol. The second kappa shape index (κ2) is 15.0. The number of aliphatic hydroxyl groups is 1. The molecule has 4 aromatic heterocycles. The number of hydrogen-bond acceptors (Lipinski definition) is 11. The predicted molar refractivity (Wildman–Crippen MR) is 164 cm³/mol. The number of unbranched alkanes of at least 4 members (excludes halogenated alkanes) is 2. The van der Waals surface area contributed by atoms with E-state index in [1.807, 2.05) is 31.3 Å². The summed E-state index contributed by atoms with van der Waals surface area (Å²) in [6.45, 7) is 2.37. The summed E-state index contributed by atoms with van der Waals surface area (Å²) < 4.78 is 23.5. The van der Waals surface area contributed by atoms with E-state index >= 15 is 0 Å². The van der Waals surface area contributed by atoms with Gasteiger partial charge in [0.05, 0.1) is 24.3 Å². The summed E-state index contributed by atoms with van der Waals surface area (Å²) in [4.78, 5) is 52.5. The first-order valence-corrected chi connectivity index (χ1v) is 16.3. The van der Waals surface area contributed by atoms with Gasteiger partial charge in [0, 0.05) is 38.3 Å². The van der Waals surface area contributed by atoms with Gasteiger partial charge in [-0.25, -0.2) is 19.5 Å². The Balaban J connectivity index is 1.02. The highest BCUT2D eigenvalue weighted by Crippen LogP contribution is 2.44. The van der Waals surface area contributed by atoms with Gasteiger partial charge in [-0.05, 0) is 61.6 Å². The van der Waals surface area contributed by atoms with Crippen LogP contribution in [0.15, 0.2) is 49.3 Å². The fourth-order valence-corrected chi connectivity index (χ4v) is 5.80. The van der Waals surface area contributed by atoms with E-state index < -0.39 is 32.9 Å². The molecule has 1 saturated heterocycles. The number of pyridine rings is 2. The number of nitrogens with zero attached hydrogens (tertiary/aromatic N) is 6. The number of fused-ring (bicyclic) bond motifs is 1. The highest BCUT2D eigenvalue weighted by atomic mass is 31.2. The minimum atomic E-state index is -4.77. The largest absolute Gasteiger partial charge is 0.469 e. The standard InChI is InChI=1S/C29H37N8O7P/c1-19-7-9-30-21(13-19)22-14-20(8-10-31-22)5-3-2-4-6-25(39)32-11-12-33-28-27-29(35-17-34-28)37(18-36-27)26-15-23(24(16-38)43-26)44-45(40,41)42/h7-10,13-14,17-18,23-24,26,38H,2-6,11-12,15-16H2,1H3,(H,32,39)(H,33,34,35)(H2,40,41,42)/t23-,24+,26+/m0/s1. The number of carbonyl (C=O) groups is 1. The Morgan fingerprint density at radius 3 is 2.64 bits per heavy atom. The number of nitrogens with one attached hydrogen (secondary N) is 2. The molecule has 0 bridgehead atoms. The molecule has 0 spiro atoms. The summed E-state index contributed by atoms with van der Waals surface area (Å²) in [7, 11) is -4.77. The van der Waals surface area contributed by atoms with Crippen molar-refractivity contribution in [1.82, 2.24) is 34.8 Å². The van der Waals surface area contributed by atoms with Crippen LogP contribution in [0.2, 0.25) is 0 Å². The summed E-state index contributed by atoms with van der Waals surface area (Å²) >= 11 is 0. The lowest BCUT2D eigenvalue weighted by Crippen LogP contribution is -2.28. The number of phosphoric ester groups is 1. The first kappa shape index (κ1) is 32.5. The molecule has 16 heteroatoms. The average molecular weight is 641 g/mol. The van der Waals surface area contributed by atoms with Gasteiger partial charge in [-0.3, -0.25) is 23.9 Å². The second-order valence-corrected chi connectivity index (χ2v) is 12.0. The number of phosphoric acid groups is 1. The molecule has 0 aliphatic carbocycles. The van der Waals surface area contributed by atoms with E-state index in [1.54, 1.807) is 10.8 Å². The highest BCUT2D eigenvalue weighted by Gasteiger charge is 2.40. The number of aryl methyl sites for hydroxylation is 2. The molecule has 4 aromatic rings. The molecule has 0 radical (unpaired) electrons. The van der Waals surface area contributed by atoms with E-state index in [9.17, 15) is 24.3 Å². The molecule has 0 aromatic carbocycles. The molecule has 5 heterocycles. The van der Waals surface area contributed by atoms with Gasteiger partial charge in [-0.15, -0.1) is 0 Å². The summed E-state index contributed by atoms with van der Waals surface area (Å²) in [6, 6.07) is 8.08. The van der Waals surface area contributed by atoms with Gasteiger partial charge in [0.25, 0.3) is 0 Å². The van der Waals surface area contributed by atoms with Gasteiger partial charge in [0.2, 0.25) is 5.91 Å². The second-order valence-electron chi connectivity index (χ2n) is 10.8. The van der Waals surface area contributed by atoms with E-state index in [0.717, 1.165) is 42.6 Å². The van der Waals surface area contributed by atoms with Gasteiger partial charge < -0.3 is 30.3 Å². The third kappa shape index (κ3) is 8.87. The van der Waals surface area contributed by atoms with Gasteiger partial charge in [-0.1, -0.05) is 6.42 Å². The van der Waals surface area contributed by atoms with Crippen molar-refractivity contribution in [3.8, 4) is 11.4 Å². The lowest BCUT2D eigenvalue weighted by Gasteiger charge is -2.16. The maximum Gasteiger partial charge on any atom is 0.469 e. The molecule has 1 fully saturated rings. The molecule has 0 unspecified atom stereocenters. The Morgan fingerprint density at radius 2 is 1.87 bits per heavy atom. The molecule has 0 saturated carbocycles.